The van der Waals surface area contributed by atoms with Gasteiger partial charge < -0.3 is 14.7 Å². The predicted octanol–water partition coefficient (Wildman–Crippen LogP) is 1.36. The van der Waals surface area contributed by atoms with E-state index in [2.05, 4.69) is 23.7 Å². The minimum absolute atomic E-state index is 0.0718. The Kier molecular flexibility index (Phi) is 3.97. The Balaban J connectivity index is 2.23. The van der Waals surface area contributed by atoms with Crippen molar-refractivity contribution in [2.45, 2.75) is 33.0 Å². The molecule has 0 spiro atoms. The summed E-state index contributed by atoms with van der Waals surface area (Å²) in [6, 6.07) is 3.94. The van der Waals surface area contributed by atoms with E-state index in [0.29, 0.717) is 0 Å². The van der Waals surface area contributed by atoms with Crippen LogP contribution in [0.2, 0.25) is 0 Å². The van der Waals surface area contributed by atoms with Crippen LogP contribution < -0.4 is 4.90 Å². The third kappa shape index (κ3) is 2.96. The molecule has 4 heteroatoms. The quantitative estimate of drug-likeness (QED) is 0.860. The van der Waals surface area contributed by atoms with Crippen molar-refractivity contribution in [2.75, 3.05) is 24.6 Å². The Bertz CT molecular complexity index is 359. The molecule has 0 bridgehead atoms. The third-order valence-electron chi connectivity index (χ3n) is 3.03. The summed E-state index contributed by atoms with van der Waals surface area (Å²) in [6.07, 6.45) is 1.13. The zero-order valence-corrected chi connectivity index (χ0v) is 10.5. The molecule has 1 saturated heterocycles. The number of morpholine rings is 1. The van der Waals surface area contributed by atoms with Crippen LogP contribution in [0.15, 0.2) is 12.1 Å². The van der Waals surface area contributed by atoms with Gasteiger partial charge in [0.15, 0.2) is 0 Å². The van der Waals surface area contributed by atoms with E-state index in [0.717, 1.165) is 43.2 Å². The van der Waals surface area contributed by atoms with Crippen LogP contribution in [0.1, 0.15) is 25.1 Å². The molecule has 1 aromatic heterocycles. The van der Waals surface area contributed by atoms with E-state index in [-0.39, 0.29) is 12.7 Å². The molecule has 0 saturated carbocycles. The summed E-state index contributed by atoms with van der Waals surface area (Å²) in [7, 11) is 0. The average Bonchev–Trinajstić information content (AvgIpc) is 2.38. The summed E-state index contributed by atoms with van der Waals surface area (Å²) >= 11 is 0. The van der Waals surface area contributed by atoms with E-state index in [9.17, 15) is 5.11 Å². The van der Waals surface area contributed by atoms with Crippen LogP contribution in [0.4, 0.5) is 5.82 Å². The first kappa shape index (κ1) is 12.3. The Morgan fingerprint density at radius 1 is 1.53 bits per heavy atom. The number of anilines is 1. The van der Waals surface area contributed by atoms with Crippen molar-refractivity contribution in [1.82, 2.24) is 4.98 Å². The van der Waals surface area contributed by atoms with Crippen LogP contribution in [-0.2, 0) is 17.8 Å². The van der Waals surface area contributed by atoms with Crippen molar-refractivity contribution in [3.63, 3.8) is 0 Å². The number of aromatic nitrogens is 1. The highest BCUT2D eigenvalue weighted by Gasteiger charge is 2.18. The molecule has 0 aromatic carbocycles. The highest BCUT2D eigenvalue weighted by atomic mass is 16.5. The van der Waals surface area contributed by atoms with Gasteiger partial charge in [0.1, 0.15) is 5.82 Å². The Labute approximate surface area is 102 Å². The summed E-state index contributed by atoms with van der Waals surface area (Å²) in [6.45, 7) is 6.70. The fraction of sp³-hybridized carbons (Fsp3) is 0.615. The van der Waals surface area contributed by atoms with E-state index < -0.39 is 0 Å². The van der Waals surface area contributed by atoms with Gasteiger partial charge >= 0.3 is 0 Å². The monoisotopic (exact) mass is 236 g/mol. The number of ether oxygens (including phenoxy) is 1. The standard InChI is InChI=1S/C13H20N2O2/c1-3-12-6-11(9-16)7-13(14-12)15-4-5-17-10(2)8-15/h6-7,10,16H,3-5,8-9H2,1-2H3. The van der Waals surface area contributed by atoms with Gasteiger partial charge in [0, 0.05) is 18.8 Å². The fourth-order valence-electron chi connectivity index (χ4n) is 2.09. The average molecular weight is 236 g/mol. The van der Waals surface area contributed by atoms with Crippen LogP contribution >= 0.6 is 0 Å². The summed E-state index contributed by atoms with van der Waals surface area (Å²) in [4.78, 5) is 6.85. The van der Waals surface area contributed by atoms with Crippen molar-refractivity contribution in [2.24, 2.45) is 0 Å². The second-order valence-electron chi connectivity index (χ2n) is 4.46. The number of nitrogens with zero attached hydrogens (tertiary/aromatic N) is 2. The topological polar surface area (TPSA) is 45.6 Å². The minimum Gasteiger partial charge on any atom is -0.392 e. The van der Waals surface area contributed by atoms with Gasteiger partial charge in [-0.15, -0.1) is 0 Å². The molecule has 0 radical (unpaired) electrons. The lowest BCUT2D eigenvalue weighted by molar-refractivity contribution is 0.0529. The molecule has 1 unspecified atom stereocenters. The molecule has 0 amide bonds. The first-order chi connectivity index (χ1) is 8.22. The van der Waals surface area contributed by atoms with Gasteiger partial charge in [-0.1, -0.05) is 6.92 Å². The molecule has 1 aliphatic rings. The molecule has 1 atom stereocenters. The maximum absolute atomic E-state index is 9.26. The summed E-state index contributed by atoms with van der Waals surface area (Å²) < 4.78 is 5.52. The van der Waals surface area contributed by atoms with Gasteiger partial charge in [0.25, 0.3) is 0 Å². The van der Waals surface area contributed by atoms with Crippen molar-refractivity contribution in [3.05, 3.63) is 23.4 Å². The normalized spacial score (nSPS) is 20.6. The summed E-state index contributed by atoms with van der Waals surface area (Å²) in [5.74, 6) is 0.962. The zero-order valence-electron chi connectivity index (χ0n) is 10.5. The lowest BCUT2D eigenvalue weighted by Crippen LogP contribution is -2.41. The van der Waals surface area contributed by atoms with Crippen LogP contribution in [0, 0.1) is 0 Å². The molecule has 1 fully saturated rings. The van der Waals surface area contributed by atoms with Crippen molar-refractivity contribution < 1.29 is 9.84 Å². The summed E-state index contributed by atoms with van der Waals surface area (Å²) in [5, 5.41) is 9.26. The van der Waals surface area contributed by atoms with E-state index >= 15 is 0 Å². The third-order valence-corrected chi connectivity index (χ3v) is 3.03. The molecule has 2 heterocycles. The van der Waals surface area contributed by atoms with E-state index in [4.69, 9.17) is 4.74 Å². The van der Waals surface area contributed by atoms with Crippen molar-refractivity contribution in [3.8, 4) is 0 Å². The number of rotatable bonds is 3. The molecule has 94 valence electrons. The number of aliphatic hydroxyl groups excluding tert-OH is 1. The molecule has 1 aliphatic heterocycles. The lowest BCUT2D eigenvalue weighted by Gasteiger charge is -2.32. The second kappa shape index (κ2) is 5.47. The van der Waals surface area contributed by atoms with Crippen molar-refractivity contribution >= 4 is 5.82 Å². The SMILES string of the molecule is CCc1cc(CO)cc(N2CCOC(C)C2)n1. The van der Waals surface area contributed by atoms with Crippen LogP contribution in [0.5, 0.6) is 0 Å². The maximum atomic E-state index is 9.26. The van der Waals surface area contributed by atoms with E-state index in [1.807, 2.05) is 12.1 Å². The predicted molar refractivity (Wildman–Crippen MR) is 67.2 cm³/mol. The number of hydrogen-bond acceptors (Lipinski definition) is 4. The Hall–Kier alpha value is -1.13. The van der Waals surface area contributed by atoms with E-state index in [1.165, 1.54) is 0 Å². The van der Waals surface area contributed by atoms with Gasteiger partial charge in [0.05, 0.1) is 19.3 Å². The van der Waals surface area contributed by atoms with E-state index in [1.54, 1.807) is 0 Å². The molecule has 1 N–H and O–H groups in total. The maximum Gasteiger partial charge on any atom is 0.129 e. The zero-order chi connectivity index (χ0) is 12.3. The Morgan fingerprint density at radius 2 is 2.35 bits per heavy atom. The Morgan fingerprint density at radius 3 is 3.00 bits per heavy atom. The highest BCUT2D eigenvalue weighted by Crippen LogP contribution is 2.18. The molecule has 17 heavy (non-hydrogen) atoms. The molecule has 2 rings (SSSR count). The number of aryl methyl sites for hydroxylation is 1. The van der Waals surface area contributed by atoms with Crippen LogP contribution in [0.3, 0.4) is 0 Å². The molecule has 0 aliphatic carbocycles. The molecular formula is C13H20N2O2. The van der Waals surface area contributed by atoms with Gasteiger partial charge in [-0.3, -0.25) is 0 Å². The number of hydrogen-bond donors (Lipinski definition) is 1. The summed E-state index contributed by atoms with van der Waals surface area (Å²) in [5.41, 5.74) is 1.97. The van der Waals surface area contributed by atoms with Crippen LogP contribution in [0.25, 0.3) is 0 Å². The lowest BCUT2D eigenvalue weighted by atomic mass is 10.2. The molecular weight excluding hydrogens is 216 g/mol. The van der Waals surface area contributed by atoms with Gasteiger partial charge in [0.2, 0.25) is 0 Å². The number of aliphatic hydroxyl groups is 1. The van der Waals surface area contributed by atoms with Crippen LogP contribution in [-0.4, -0.2) is 35.9 Å². The first-order valence-corrected chi connectivity index (χ1v) is 6.20. The molecule has 1 aromatic rings. The fourth-order valence-corrected chi connectivity index (χ4v) is 2.09. The smallest absolute Gasteiger partial charge is 0.129 e. The highest BCUT2D eigenvalue weighted by molar-refractivity contribution is 5.43. The van der Waals surface area contributed by atoms with Gasteiger partial charge in [-0.05, 0) is 31.0 Å². The second-order valence-corrected chi connectivity index (χ2v) is 4.46. The van der Waals surface area contributed by atoms with Gasteiger partial charge in [-0.25, -0.2) is 4.98 Å². The number of pyridine rings is 1. The van der Waals surface area contributed by atoms with Crippen molar-refractivity contribution in [1.29, 1.82) is 0 Å². The molecule has 4 nitrogen and oxygen atoms in total. The largest absolute Gasteiger partial charge is 0.392 e. The van der Waals surface area contributed by atoms with Gasteiger partial charge in [-0.2, -0.15) is 0 Å². The first-order valence-electron chi connectivity index (χ1n) is 6.20. The minimum atomic E-state index is 0.0718.